The van der Waals surface area contributed by atoms with E-state index in [2.05, 4.69) is 5.32 Å². The minimum absolute atomic E-state index is 0.0951. The van der Waals surface area contributed by atoms with E-state index in [0.29, 0.717) is 5.56 Å². The first-order valence-electron chi connectivity index (χ1n) is 4.79. The van der Waals surface area contributed by atoms with Gasteiger partial charge in [0.25, 0.3) is 0 Å². The van der Waals surface area contributed by atoms with Crippen molar-refractivity contribution in [1.29, 1.82) is 0 Å². The monoisotopic (exact) mass is 223 g/mol. The number of hydrogen-bond donors (Lipinski definition) is 3. The van der Waals surface area contributed by atoms with Gasteiger partial charge in [0.15, 0.2) is 0 Å². The highest BCUT2D eigenvalue weighted by Crippen LogP contribution is 2.09. The fourth-order valence-corrected chi connectivity index (χ4v) is 1.15. The van der Waals surface area contributed by atoms with Crippen molar-refractivity contribution in [2.75, 3.05) is 0 Å². The van der Waals surface area contributed by atoms with Crippen molar-refractivity contribution in [2.24, 2.45) is 0 Å². The van der Waals surface area contributed by atoms with Crippen molar-refractivity contribution in [3.8, 4) is 5.75 Å². The Morgan fingerprint density at radius 1 is 1.31 bits per heavy atom. The predicted octanol–water partition coefficient (Wildman–Crippen LogP) is 0.524. The van der Waals surface area contributed by atoms with E-state index in [1.54, 1.807) is 12.1 Å². The Balaban J connectivity index is 2.52. The van der Waals surface area contributed by atoms with Crippen LogP contribution in [0.25, 0.3) is 0 Å². The number of hydrogen-bond acceptors (Lipinski definition) is 3. The van der Waals surface area contributed by atoms with Crippen molar-refractivity contribution in [2.45, 2.75) is 19.4 Å². The Morgan fingerprint density at radius 2 is 1.88 bits per heavy atom. The summed E-state index contributed by atoms with van der Waals surface area (Å²) in [5.41, 5.74) is 0.716. The third-order valence-electron chi connectivity index (χ3n) is 2.05. The van der Waals surface area contributed by atoms with Gasteiger partial charge in [0, 0.05) is 0 Å². The first kappa shape index (κ1) is 12.0. The Bertz CT molecular complexity index is 385. The summed E-state index contributed by atoms with van der Waals surface area (Å²) in [4.78, 5) is 21.9. The average molecular weight is 223 g/mol. The molecule has 5 heteroatoms. The summed E-state index contributed by atoms with van der Waals surface area (Å²) in [6.45, 7) is 1.40. The van der Waals surface area contributed by atoms with Crippen LogP contribution in [0.4, 0.5) is 0 Å². The van der Waals surface area contributed by atoms with Gasteiger partial charge in [-0.25, -0.2) is 0 Å². The number of carboxylic acid groups (broad SMARTS) is 1. The van der Waals surface area contributed by atoms with Gasteiger partial charge in [-0.05, 0) is 24.6 Å². The lowest BCUT2D eigenvalue weighted by Gasteiger charge is -2.08. The molecule has 0 aliphatic heterocycles. The number of benzene rings is 1. The maximum atomic E-state index is 11.4. The van der Waals surface area contributed by atoms with Crippen LogP contribution in [0.1, 0.15) is 12.5 Å². The molecule has 0 radical (unpaired) electrons. The minimum atomic E-state index is -1.07. The van der Waals surface area contributed by atoms with Gasteiger partial charge in [-0.3, -0.25) is 9.59 Å². The second-order valence-corrected chi connectivity index (χ2v) is 3.47. The lowest BCUT2D eigenvalue weighted by atomic mass is 10.1. The van der Waals surface area contributed by atoms with Gasteiger partial charge in [0.05, 0.1) is 6.42 Å². The van der Waals surface area contributed by atoms with Crippen LogP contribution in [0.2, 0.25) is 0 Å². The first-order chi connectivity index (χ1) is 7.49. The first-order valence-corrected chi connectivity index (χ1v) is 4.79. The Hall–Kier alpha value is -2.04. The fraction of sp³-hybridized carbons (Fsp3) is 0.273. The van der Waals surface area contributed by atoms with Gasteiger partial charge in [-0.15, -0.1) is 0 Å². The van der Waals surface area contributed by atoms with Crippen LogP contribution < -0.4 is 5.32 Å². The molecule has 0 aliphatic rings. The van der Waals surface area contributed by atoms with E-state index in [0.717, 1.165) is 0 Å². The van der Waals surface area contributed by atoms with Crippen LogP contribution in [0, 0.1) is 0 Å². The number of nitrogens with one attached hydrogen (secondary N) is 1. The maximum Gasteiger partial charge on any atom is 0.325 e. The standard InChI is InChI=1S/C11H13NO4/c1-7(11(15)16)12-10(14)6-8-2-4-9(13)5-3-8/h2-5,7,13H,6H2,1H3,(H,12,14)(H,15,16). The molecule has 16 heavy (non-hydrogen) atoms. The lowest BCUT2D eigenvalue weighted by molar-refractivity contribution is -0.141. The molecule has 0 aliphatic carbocycles. The lowest BCUT2D eigenvalue weighted by Crippen LogP contribution is -2.39. The molecular formula is C11H13NO4. The van der Waals surface area contributed by atoms with Gasteiger partial charge in [-0.1, -0.05) is 12.1 Å². The molecular weight excluding hydrogens is 210 g/mol. The van der Waals surface area contributed by atoms with Crippen LogP contribution >= 0.6 is 0 Å². The molecule has 1 atom stereocenters. The van der Waals surface area contributed by atoms with Gasteiger partial charge >= 0.3 is 5.97 Å². The predicted molar refractivity (Wildman–Crippen MR) is 57.1 cm³/mol. The van der Waals surface area contributed by atoms with E-state index < -0.39 is 12.0 Å². The molecule has 0 saturated heterocycles. The number of aromatic hydroxyl groups is 1. The number of carboxylic acids is 1. The Morgan fingerprint density at radius 3 is 2.38 bits per heavy atom. The Kier molecular flexibility index (Phi) is 3.88. The molecule has 0 heterocycles. The maximum absolute atomic E-state index is 11.4. The number of phenols is 1. The number of carbonyl (C=O) groups excluding carboxylic acids is 1. The van der Waals surface area contributed by atoms with Crippen LogP contribution in [0.5, 0.6) is 5.75 Å². The number of phenolic OH excluding ortho intramolecular Hbond substituents is 1. The summed E-state index contributed by atoms with van der Waals surface area (Å²) in [6.07, 6.45) is 0.0951. The summed E-state index contributed by atoms with van der Waals surface area (Å²) in [5.74, 6) is -1.30. The van der Waals surface area contributed by atoms with Crippen LogP contribution in [-0.4, -0.2) is 28.1 Å². The van der Waals surface area contributed by atoms with Crippen LogP contribution in [-0.2, 0) is 16.0 Å². The summed E-state index contributed by atoms with van der Waals surface area (Å²) in [7, 11) is 0. The van der Waals surface area contributed by atoms with Crippen molar-refractivity contribution in [3.05, 3.63) is 29.8 Å². The molecule has 86 valence electrons. The summed E-state index contributed by atoms with van der Waals surface area (Å²) >= 11 is 0. The highest BCUT2D eigenvalue weighted by atomic mass is 16.4. The van der Waals surface area contributed by atoms with Crippen molar-refractivity contribution in [1.82, 2.24) is 5.32 Å². The van der Waals surface area contributed by atoms with E-state index in [1.807, 2.05) is 0 Å². The highest BCUT2D eigenvalue weighted by Gasteiger charge is 2.13. The minimum Gasteiger partial charge on any atom is -0.508 e. The van der Waals surface area contributed by atoms with E-state index in [-0.39, 0.29) is 18.1 Å². The summed E-state index contributed by atoms with van der Waals surface area (Å²) in [5, 5.41) is 20.0. The quantitative estimate of drug-likeness (QED) is 0.694. The SMILES string of the molecule is CC(NC(=O)Cc1ccc(O)cc1)C(=O)O. The molecule has 0 aromatic heterocycles. The second kappa shape index (κ2) is 5.16. The molecule has 0 spiro atoms. The molecule has 1 aromatic rings. The number of aliphatic carboxylic acids is 1. The third kappa shape index (κ3) is 3.61. The smallest absolute Gasteiger partial charge is 0.325 e. The third-order valence-corrected chi connectivity index (χ3v) is 2.05. The second-order valence-electron chi connectivity index (χ2n) is 3.47. The van der Waals surface area contributed by atoms with Gasteiger partial charge in [0.1, 0.15) is 11.8 Å². The zero-order valence-electron chi connectivity index (χ0n) is 8.80. The molecule has 0 saturated carbocycles. The largest absolute Gasteiger partial charge is 0.508 e. The fourth-order valence-electron chi connectivity index (χ4n) is 1.15. The highest BCUT2D eigenvalue weighted by molar-refractivity contribution is 5.84. The molecule has 5 nitrogen and oxygen atoms in total. The van der Waals surface area contributed by atoms with Gasteiger partial charge in [-0.2, -0.15) is 0 Å². The van der Waals surface area contributed by atoms with Crippen molar-refractivity contribution < 1.29 is 19.8 Å². The Labute approximate surface area is 92.7 Å². The van der Waals surface area contributed by atoms with E-state index in [1.165, 1.54) is 19.1 Å². The van der Waals surface area contributed by atoms with Crippen molar-refractivity contribution >= 4 is 11.9 Å². The molecule has 1 amide bonds. The number of amides is 1. The number of rotatable bonds is 4. The van der Waals surface area contributed by atoms with E-state index >= 15 is 0 Å². The van der Waals surface area contributed by atoms with Crippen LogP contribution in [0.15, 0.2) is 24.3 Å². The number of carbonyl (C=O) groups is 2. The molecule has 1 unspecified atom stereocenters. The molecule has 0 fully saturated rings. The molecule has 0 bridgehead atoms. The summed E-state index contributed by atoms with van der Waals surface area (Å²) in [6, 6.07) is 5.28. The van der Waals surface area contributed by atoms with Crippen molar-refractivity contribution in [3.63, 3.8) is 0 Å². The zero-order chi connectivity index (χ0) is 12.1. The average Bonchev–Trinajstić information content (AvgIpc) is 2.21. The van der Waals surface area contributed by atoms with Gasteiger partial charge < -0.3 is 15.5 Å². The van der Waals surface area contributed by atoms with Crippen LogP contribution in [0.3, 0.4) is 0 Å². The van der Waals surface area contributed by atoms with E-state index in [9.17, 15) is 9.59 Å². The molecule has 1 aromatic carbocycles. The zero-order valence-corrected chi connectivity index (χ0v) is 8.80. The van der Waals surface area contributed by atoms with E-state index in [4.69, 9.17) is 10.2 Å². The molecule has 1 rings (SSSR count). The topological polar surface area (TPSA) is 86.6 Å². The molecule has 3 N–H and O–H groups in total. The van der Waals surface area contributed by atoms with Gasteiger partial charge in [0.2, 0.25) is 5.91 Å². The summed E-state index contributed by atoms with van der Waals surface area (Å²) < 4.78 is 0. The normalized spacial score (nSPS) is 11.8.